The summed E-state index contributed by atoms with van der Waals surface area (Å²) in [5.74, 6) is -0.650. The molecule has 1 aromatic rings. The van der Waals surface area contributed by atoms with Crippen molar-refractivity contribution < 1.29 is 22.7 Å². The van der Waals surface area contributed by atoms with E-state index in [4.69, 9.17) is 0 Å². The molecule has 29 heavy (non-hydrogen) atoms. The van der Waals surface area contributed by atoms with Crippen molar-refractivity contribution in [3.8, 4) is 5.75 Å². The standard InChI is InChI=1S/C19H28F3N5O2/c1-10(2)15(11-5-7-12(8-6-11)29-18(21)22)27-16-14(13(9-20)25-27)17(28)24-19(23-16)26(3)4/h5-8,10,13-16,18-19,23,25H,9H2,1-4H3,(H,24,28). The van der Waals surface area contributed by atoms with Gasteiger partial charge in [-0.2, -0.15) is 8.78 Å². The molecule has 3 N–H and O–H groups in total. The molecule has 0 aliphatic carbocycles. The van der Waals surface area contributed by atoms with Gasteiger partial charge in [0.2, 0.25) is 5.91 Å². The lowest BCUT2D eigenvalue weighted by molar-refractivity contribution is -0.133. The summed E-state index contributed by atoms with van der Waals surface area (Å²) in [4.78, 5) is 14.5. The predicted molar refractivity (Wildman–Crippen MR) is 101 cm³/mol. The van der Waals surface area contributed by atoms with Crippen LogP contribution in [0.4, 0.5) is 13.2 Å². The Morgan fingerprint density at radius 2 is 1.86 bits per heavy atom. The number of hydrazine groups is 1. The van der Waals surface area contributed by atoms with Crippen LogP contribution < -0.4 is 20.8 Å². The Bertz CT molecular complexity index is 704. The normalized spacial score (nSPS) is 28.7. The van der Waals surface area contributed by atoms with Gasteiger partial charge in [0, 0.05) is 0 Å². The lowest BCUT2D eigenvalue weighted by atomic mass is 9.92. The van der Waals surface area contributed by atoms with Crippen molar-refractivity contribution in [3.05, 3.63) is 29.8 Å². The SMILES string of the molecule is CC(C)C(c1ccc(OC(F)F)cc1)N1NC(CF)C2C(=O)NC(N(C)C)NC21. The second-order valence-corrected chi connectivity index (χ2v) is 7.95. The number of rotatable bonds is 7. The van der Waals surface area contributed by atoms with E-state index < -0.39 is 31.4 Å². The molecule has 0 radical (unpaired) electrons. The molecule has 0 aromatic heterocycles. The van der Waals surface area contributed by atoms with E-state index >= 15 is 0 Å². The number of amides is 1. The molecule has 7 nitrogen and oxygen atoms in total. The van der Waals surface area contributed by atoms with Gasteiger partial charge in [-0.15, -0.1) is 0 Å². The van der Waals surface area contributed by atoms with Gasteiger partial charge in [0.1, 0.15) is 18.7 Å². The fourth-order valence-electron chi connectivity index (χ4n) is 4.06. The molecule has 2 heterocycles. The molecule has 1 aromatic carbocycles. The Morgan fingerprint density at radius 1 is 1.21 bits per heavy atom. The van der Waals surface area contributed by atoms with Crippen molar-refractivity contribution >= 4 is 5.91 Å². The Labute approximate surface area is 168 Å². The van der Waals surface area contributed by atoms with Gasteiger partial charge in [-0.1, -0.05) is 26.0 Å². The molecular weight excluding hydrogens is 387 g/mol. The van der Waals surface area contributed by atoms with Gasteiger partial charge in [-0.05, 0) is 37.7 Å². The summed E-state index contributed by atoms with van der Waals surface area (Å²) < 4.78 is 43.0. The zero-order valence-electron chi connectivity index (χ0n) is 16.9. The molecule has 0 bridgehead atoms. The van der Waals surface area contributed by atoms with Crippen LogP contribution in [0.5, 0.6) is 5.75 Å². The molecule has 5 unspecified atom stereocenters. The van der Waals surface area contributed by atoms with Crippen LogP contribution in [0.25, 0.3) is 0 Å². The third-order valence-corrected chi connectivity index (χ3v) is 5.36. The first kappa shape index (κ1) is 21.8. The molecule has 2 aliphatic heterocycles. The lowest BCUT2D eigenvalue weighted by Gasteiger charge is -2.42. The first-order chi connectivity index (χ1) is 13.7. The van der Waals surface area contributed by atoms with Crippen molar-refractivity contribution in [1.29, 1.82) is 0 Å². The smallest absolute Gasteiger partial charge is 0.387 e. The van der Waals surface area contributed by atoms with E-state index in [-0.39, 0.29) is 29.9 Å². The Balaban J connectivity index is 1.90. The fraction of sp³-hybridized carbons (Fsp3) is 0.632. The number of nitrogens with zero attached hydrogens (tertiary/aromatic N) is 2. The molecule has 162 valence electrons. The monoisotopic (exact) mass is 415 g/mol. The number of hydrogen-bond donors (Lipinski definition) is 3. The Kier molecular flexibility index (Phi) is 6.67. The van der Waals surface area contributed by atoms with E-state index in [1.54, 1.807) is 12.1 Å². The average molecular weight is 415 g/mol. The zero-order valence-corrected chi connectivity index (χ0v) is 16.9. The molecule has 2 aliphatic rings. The van der Waals surface area contributed by atoms with Crippen molar-refractivity contribution in [2.24, 2.45) is 11.8 Å². The van der Waals surface area contributed by atoms with Crippen molar-refractivity contribution in [2.75, 3.05) is 20.8 Å². The summed E-state index contributed by atoms with van der Waals surface area (Å²) in [5, 5.41) is 8.12. The van der Waals surface area contributed by atoms with Crippen LogP contribution in [0.3, 0.4) is 0 Å². The minimum Gasteiger partial charge on any atom is -0.435 e. The van der Waals surface area contributed by atoms with Gasteiger partial charge < -0.3 is 10.1 Å². The van der Waals surface area contributed by atoms with Gasteiger partial charge in [0.05, 0.1) is 24.2 Å². The van der Waals surface area contributed by atoms with Crippen LogP contribution in [-0.4, -0.2) is 61.7 Å². The number of ether oxygens (including phenoxy) is 1. The number of halogens is 3. The summed E-state index contributed by atoms with van der Waals surface area (Å²) in [6.45, 7) is 0.451. The number of hydrogen-bond acceptors (Lipinski definition) is 6. The third kappa shape index (κ3) is 4.50. The van der Waals surface area contributed by atoms with Crippen molar-refractivity contribution in [1.82, 2.24) is 26.0 Å². The van der Waals surface area contributed by atoms with E-state index in [0.29, 0.717) is 0 Å². The second kappa shape index (κ2) is 8.86. The van der Waals surface area contributed by atoms with Gasteiger partial charge in [0.25, 0.3) is 0 Å². The van der Waals surface area contributed by atoms with Gasteiger partial charge >= 0.3 is 6.61 Å². The fourth-order valence-corrected chi connectivity index (χ4v) is 4.06. The average Bonchev–Trinajstić information content (AvgIpc) is 3.01. The highest BCUT2D eigenvalue weighted by atomic mass is 19.3. The van der Waals surface area contributed by atoms with Crippen molar-refractivity contribution in [2.45, 2.75) is 45.0 Å². The van der Waals surface area contributed by atoms with Crippen molar-refractivity contribution in [3.63, 3.8) is 0 Å². The molecule has 1 amide bonds. The van der Waals surface area contributed by atoms with Gasteiger partial charge in [0.15, 0.2) is 0 Å². The molecule has 0 saturated carbocycles. The molecule has 2 saturated heterocycles. The lowest BCUT2D eigenvalue weighted by Crippen LogP contribution is -2.68. The first-order valence-electron chi connectivity index (χ1n) is 9.61. The van der Waals surface area contributed by atoms with E-state index in [1.807, 2.05) is 37.9 Å². The highest BCUT2D eigenvalue weighted by molar-refractivity contribution is 5.81. The number of fused-ring (bicyclic) bond motifs is 1. The predicted octanol–water partition coefficient (Wildman–Crippen LogP) is 1.65. The maximum absolute atomic E-state index is 13.7. The largest absolute Gasteiger partial charge is 0.435 e. The number of carbonyl (C=O) groups is 1. The maximum Gasteiger partial charge on any atom is 0.387 e. The number of alkyl halides is 3. The van der Waals surface area contributed by atoms with Crippen LogP contribution in [0.1, 0.15) is 25.5 Å². The van der Waals surface area contributed by atoms with Gasteiger partial charge in [-0.3, -0.25) is 15.0 Å². The summed E-state index contributed by atoms with van der Waals surface area (Å²) in [6, 6.07) is 5.53. The van der Waals surface area contributed by atoms with E-state index in [2.05, 4.69) is 20.8 Å². The van der Waals surface area contributed by atoms with Crippen LogP contribution in [0.15, 0.2) is 24.3 Å². The minimum absolute atomic E-state index is 0.0722. The number of benzene rings is 1. The molecule has 10 heteroatoms. The molecule has 2 fully saturated rings. The van der Waals surface area contributed by atoms with Crippen LogP contribution in [0, 0.1) is 11.8 Å². The first-order valence-corrected chi connectivity index (χ1v) is 9.61. The number of nitrogens with one attached hydrogen (secondary N) is 3. The number of carbonyl (C=O) groups excluding carboxylic acids is 1. The second-order valence-electron chi connectivity index (χ2n) is 7.95. The highest BCUT2D eigenvalue weighted by Crippen LogP contribution is 2.36. The third-order valence-electron chi connectivity index (χ3n) is 5.36. The van der Waals surface area contributed by atoms with Crippen LogP contribution in [0.2, 0.25) is 0 Å². The maximum atomic E-state index is 13.7. The molecule has 0 spiro atoms. The molecule has 3 rings (SSSR count). The van der Waals surface area contributed by atoms with E-state index in [0.717, 1.165) is 5.56 Å². The molecule has 5 atom stereocenters. The van der Waals surface area contributed by atoms with E-state index in [9.17, 15) is 18.0 Å². The van der Waals surface area contributed by atoms with Crippen LogP contribution >= 0.6 is 0 Å². The minimum atomic E-state index is -2.89. The summed E-state index contributed by atoms with van der Waals surface area (Å²) in [5.41, 5.74) is 4.01. The summed E-state index contributed by atoms with van der Waals surface area (Å²) >= 11 is 0. The zero-order chi connectivity index (χ0) is 21.3. The molecular formula is C19H28F3N5O2. The van der Waals surface area contributed by atoms with E-state index in [1.165, 1.54) is 12.1 Å². The highest BCUT2D eigenvalue weighted by Gasteiger charge is 2.52. The topological polar surface area (TPSA) is 68.9 Å². The quantitative estimate of drug-likeness (QED) is 0.629. The van der Waals surface area contributed by atoms with Gasteiger partial charge in [-0.25, -0.2) is 14.8 Å². The Morgan fingerprint density at radius 3 is 2.38 bits per heavy atom. The summed E-state index contributed by atoms with van der Waals surface area (Å²) in [6.07, 6.45) is -0.817. The Hall–Kier alpha value is -1.88. The summed E-state index contributed by atoms with van der Waals surface area (Å²) in [7, 11) is 3.67. The van der Waals surface area contributed by atoms with Crippen LogP contribution in [-0.2, 0) is 4.79 Å².